The predicted molar refractivity (Wildman–Crippen MR) is 84.7 cm³/mol. The molecule has 1 heterocycles. The molecule has 5 nitrogen and oxygen atoms in total. The van der Waals surface area contributed by atoms with Gasteiger partial charge >= 0.3 is 0 Å². The van der Waals surface area contributed by atoms with Crippen molar-refractivity contribution in [3.05, 3.63) is 54.2 Å². The molecular weight excluding hydrogens is 299 g/mol. The van der Waals surface area contributed by atoms with Crippen LogP contribution >= 0.6 is 0 Å². The first-order valence-electron chi connectivity index (χ1n) is 7.42. The molecule has 124 valence electrons. The molecule has 0 aliphatic heterocycles. The van der Waals surface area contributed by atoms with E-state index in [9.17, 15) is 9.18 Å². The van der Waals surface area contributed by atoms with Gasteiger partial charge in [0, 0.05) is 6.54 Å². The fourth-order valence-electron chi connectivity index (χ4n) is 2.13. The van der Waals surface area contributed by atoms with E-state index in [2.05, 4.69) is 5.32 Å². The fraction of sp³-hybridized carbons (Fsp3) is 0.353. The van der Waals surface area contributed by atoms with Crippen LogP contribution in [-0.2, 0) is 4.79 Å². The number of carbonyl (C=O) groups is 1. The summed E-state index contributed by atoms with van der Waals surface area (Å²) in [5.74, 6) is 0.359. The van der Waals surface area contributed by atoms with E-state index in [0.717, 1.165) is 5.76 Å². The third-order valence-corrected chi connectivity index (χ3v) is 3.41. The second-order valence-electron chi connectivity index (χ2n) is 5.33. The number of ether oxygens (including phenoxy) is 1. The van der Waals surface area contributed by atoms with Crippen molar-refractivity contribution in [1.29, 1.82) is 0 Å². The van der Waals surface area contributed by atoms with Crippen molar-refractivity contribution in [1.82, 2.24) is 10.2 Å². The number of halogens is 1. The van der Waals surface area contributed by atoms with Gasteiger partial charge in [-0.1, -0.05) is 12.1 Å². The van der Waals surface area contributed by atoms with Crippen molar-refractivity contribution in [2.75, 3.05) is 27.2 Å². The summed E-state index contributed by atoms with van der Waals surface area (Å²) in [6, 6.07) is 9.77. The van der Waals surface area contributed by atoms with Gasteiger partial charge in [-0.2, -0.15) is 0 Å². The van der Waals surface area contributed by atoms with Crippen LogP contribution in [-0.4, -0.2) is 38.1 Å². The zero-order valence-corrected chi connectivity index (χ0v) is 13.3. The highest BCUT2D eigenvalue weighted by atomic mass is 19.1. The Hall–Kier alpha value is -2.34. The van der Waals surface area contributed by atoms with Crippen LogP contribution in [0.25, 0.3) is 0 Å². The summed E-state index contributed by atoms with van der Waals surface area (Å²) in [6.45, 7) is 0.555. The Kier molecular flexibility index (Phi) is 6.17. The van der Waals surface area contributed by atoms with Gasteiger partial charge in [-0.15, -0.1) is 0 Å². The van der Waals surface area contributed by atoms with Crippen LogP contribution in [0, 0.1) is 5.82 Å². The third kappa shape index (κ3) is 5.10. The maximum absolute atomic E-state index is 13.4. The van der Waals surface area contributed by atoms with E-state index >= 15 is 0 Å². The smallest absolute Gasteiger partial charge is 0.223 e. The van der Waals surface area contributed by atoms with E-state index in [1.54, 1.807) is 18.4 Å². The van der Waals surface area contributed by atoms with Crippen LogP contribution < -0.4 is 10.1 Å². The topological polar surface area (TPSA) is 54.7 Å². The maximum Gasteiger partial charge on any atom is 0.223 e. The van der Waals surface area contributed by atoms with Gasteiger partial charge in [0.15, 0.2) is 11.6 Å². The number of furan rings is 1. The van der Waals surface area contributed by atoms with Gasteiger partial charge in [-0.25, -0.2) is 4.39 Å². The molecule has 0 fully saturated rings. The molecule has 1 N–H and O–H groups in total. The van der Waals surface area contributed by atoms with E-state index in [4.69, 9.17) is 9.15 Å². The zero-order chi connectivity index (χ0) is 16.7. The number of nitrogens with zero attached hydrogens (tertiary/aromatic N) is 1. The molecule has 0 aliphatic carbocycles. The molecule has 1 atom stereocenters. The first kappa shape index (κ1) is 17.0. The minimum Gasteiger partial charge on any atom is -0.490 e. The number of carbonyl (C=O) groups excluding carboxylic acids is 1. The Morgan fingerprint density at radius 2 is 2.09 bits per heavy atom. The Labute approximate surface area is 135 Å². The number of rotatable bonds is 8. The molecule has 2 rings (SSSR count). The van der Waals surface area contributed by atoms with Crippen molar-refractivity contribution in [3.8, 4) is 5.75 Å². The molecule has 0 bridgehead atoms. The number of nitrogens with one attached hydrogen (secondary N) is 1. The Morgan fingerprint density at radius 1 is 1.30 bits per heavy atom. The van der Waals surface area contributed by atoms with Crippen molar-refractivity contribution in [2.24, 2.45) is 0 Å². The molecule has 1 amide bonds. The summed E-state index contributed by atoms with van der Waals surface area (Å²) >= 11 is 0. The quantitative estimate of drug-likeness (QED) is 0.812. The minimum atomic E-state index is -0.432. The van der Waals surface area contributed by atoms with Gasteiger partial charge in [0.05, 0.1) is 25.3 Å². The van der Waals surface area contributed by atoms with Crippen molar-refractivity contribution < 1.29 is 18.3 Å². The zero-order valence-electron chi connectivity index (χ0n) is 13.3. The minimum absolute atomic E-state index is 0.0403. The van der Waals surface area contributed by atoms with Crippen molar-refractivity contribution in [2.45, 2.75) is 12.5 Å². The lowest BCUT2D eigenvalue weighted by molar-refractivity contribution is -0.121. The molecule has 1 aromatic heterocycles. The molecule has 0 radical (unpaired) electrons. The summed E-state index contributed by atoms with van der Waals surface area (Å²) in [4.78, 5) is 13.8. The molecular formula is C17H21FN2O3. The molecule has 2 aromatic rings. The van der Waals surface area contributed by atoms with Crippen LogP contribution in [0.5, 0.6) is 5.75 Å². The Balaban J connectivity index is 1.75. The standard InChI is InChI=1S/C17H21FN2O3/c1-20(2)14(16-8-5-10-22-16)12-19-17(21)9-11-23-15-7-4-3-6-13(15)18/h3-8,10,14H,9,11-12H2,1-2H3,(H,19,21). The van der Waals surface area contributed by atoms with Crippen LogP contribution in [0.1, 0.15) is 18.2 Å². The van der Waals surface area contributed by atoms with Crippen molar-refractivity contribution >= 4 is 5.91 Å². The van der Waals surface area contributed by atoms with Crippen LogP contribution in [0.2, 0.25) is 0 Å². The molecule has 23 heavy (non-hydrogen) atoms. The van der Waals surface area contributed by atoms with E-state index in [0.29, 0.717) is 6.54 Å². The number of likely N-dealkylation sites (N-methyl/N-ethyl adjacent to an activating group) is 1. The lowest BCUT2D eigenvalue weighted by Crippen LogP contribution is -2.34. The number of amides is 1. The fourth-order valence-corrected chi connectivity index (χ4v) is 2.13. The number of hydrogen-bond acceptors (Lipinski definition) is 4. The molecule has 0 aliphatic rings. The average Bonchev–Trinajstić information content (AvgIpc) is 3.03. The predicted octanol–water partition coefficient (Wildman–Crippen LogP) is 2.61. The number of hydrogen-bond donors (Lipinski definition) is 1. The van der Waals surface area contributed by atoms with Gasteiger partial charge < -0.3 is 14.5 Å². The van der Waals surface area contributed by atoms with Gasteiger partial charge in [0.2, 0.25) is 5.91 Å². The highest BCUT2D eigenvalue weighted by Gasteiger charge is 2.17. The lowest BCUT2D eigenvalue weighted by Gasteiger charge is -2.22. The molecule has 1 aromatic carbocycles. The monoisotopic (exact) mass is 320 g/mol. The van der Waals surface area contributed by atoms with E-state index in [1.165, 1.54) is 12.1 Å². The second-order valence-corrected chi connectivity index (χ2v) is 5.33. The first-order valence-corrected chi connectivity index (χ1v) is 7.42. The molecule has 1 unspecified atom stereocenters. The SMILES string of the molecule is CN(C)C(CNC(=O)CCOc1ccccc1F)c1ccco1. The van der Waals surface area contributed by atoms with Crippen LogP contribution in [0.3, 0.4) is 0 Å². The highest BCUT2D eigenvalue weighted by Crippen LogP contribution is 2.18. The molecule has 6 heteroatoms. The summed E-state index contributed by atoms with van der Waals surface area (Å²) in [5, 5.41) is 2.84. The average molecular weight is 320 g/mol. The molecule has 0 spiro atoms. The molecule has 0 saturated heterocycles. The van der Waals surface area contributed by atoms with E-state index in [-0.39, 0.29) is 30.7 Å². The van der Waals surface area contributed by atoms with Crippen molar-refractivity contribution in [3.63, 3.8) is 0 Å². The summed E-state index contributed by atoms with van der Waals surface area (Å²) in [5.41, 5.74) is 0. The van der Waals surface area contributed by atoms with Gasteiger partial charge in [-0.3, -0.25) is 9.69 Å². The van der Waals surface area contributed by atoms with Gasteiger partial charge in [-0.05, 0) is 38.4 Å². The normalized spacial score (nSPS) is 12.2. The number of para-hydroxylation sites is 1. The molecule has 0 saturated carbocycles. The van der Waals surface area contributed by atoms with Crippen LogP contribution in [0.15, 0.2) is 47.1 Å². The van der Waals surface area contributed by atoms with Crippen LogP contribution in [0.4, 0.5) is 4.39 Å². The van der Waals surface area contributed by atoms with E-state index in [1.807, 2.05) is 31.1 Å². The maximum atomic E-state index is 13.4. The first-order chi connectivity index (χ1) is 11.1. The summed E-state index contributed by atoms with van der Waals surface area (Å²) in [6.07, 6.45) is 1.77. The number of benzene rings is 1. The summed E-state index contributed by atoms with van der Waals surface area (Å²) < 4.78 is 24.0. The Morgan fingerprint density at radius 3 is 2.74 bits per heavy atom. The second kappa shape index (κ2) is 8.33. The third-order valence-electron chi connectivity index (χ3n) is 3.41. The largest absolute Gasteiger partial charge is 0.490 e. The van der Waals surface area contributed by atoms with Gasteiger partial charge in [0.1, 0.15) is 5.76 Å². The summed E-state index contributed by atoms with van der Waals surface area (Å²) in [7, 11) is 3.83. The lowest BCUT2D eigenvalue weighted by atomic mass is 10.2. The highest BCUT2D eigenvalue weighted by molar-refractivity contribution is 5.76. The van der Waals surface area contributed by atoms with Gasteiger partial charge in [0.25, 0.3) is 0 Å². The van der Waals surface area contributed by atoms with E-state index < -0.39 is 5.82 Å². The Bertz CT molecular complexity index is 614.